The highest BCUT2D eigenvalue weighted by Crippen LogP contribution is 2.18. The minimum atomic E-state index is -0.199. The van der Waals surface area contributed by atoms with Crippen molar-refractivity contribution in [2.45, 2.75) is 18.9 Å². The molecule has 1 fully saturated rings. The zero-order chi connectivity index (χ0) is 9.10. The van der Waals surface area contributed by atoms with Gasteiger partial charge in [-0.15, -0.1) is 11.3 Å². The molecule has 1 aliphatic rings. The number of β-amino-alcohol motifs (C(OH)–C–C–N with tert-alkyl or cyclic N) is 1. The van der Waals surface area contributed by atoms with Gasteiger partial charge < -0.3 is 10.4 Å². The lowest BCUT2D eigenvalue weighted by Gasteiger charge is -2.27. The summed E-state index contributed by atoms with van der Waals surface area (Å²) in [7, 11) is 0. The van der Waals surface area contributed by atoms with Gasteiger partial charge in [-0.05, 0) is 25.3 Å². The summed E-state index contributed by atoms with van der Waals surface area (Å²) in [4.78, 5) is 4.23. The van der Waals surface area contributed by atoms with Crippen molar-refractivity contribution in [1.29, 1.82) is 0 Å². The molecule has 72 valence electrons. The molecule has 2 atom stereocenters. The van der Waals surface area contributed by atoms with E-state index >= 15 is 0 Å². The van der Waals surface area contributed by atoms with Crippen molar-refractivity contribution in [1.82, 2.24) is 10.3 Å². The number of nitrogens with one attached hydrogen (secondary N) is 1. The topological polar surface area (TPSA) is 45.1 Å². The fourth-order valence-electron chi connectivity index (χ4n) is 1.74. The maximum Gasteiger partial charge on any atom is 0.0794 e. The van der Waals surface area contributed by atoms with Gasteiger partial charge in [-0.2, -0.15) is 0 Å². The standard InChI is InChI=1S/C9H14N2OS/c12-9-4-10-2-1-7(9)3-8-5-13-6-11-8/h5-7,9-10,12H,1-4H2. The van der Waals surface area contributed by atoms with Gasteiger partial charge in [-0.3, -0.25) is 0 Å². The minimum Gasteiger partial charge on any atom is -0.392 e. The number of hydrogen-bond acceptors (Lipinski definition) is 4. The Kier molecular flexibility index (Phi) is 2.93. The molecule has 1 aliphatic heterocycles. The van der Waals surface area contributed by atoms with E-state index in [9.17, 15) is 5.11 Å². The predicted molar refractivity (Wildman–Crippen MR) is 52.8 cm³/mol. The number of rotatable bonds is 2. The first kappa shape index (κ1) is 9.12. The third kappa shape index (κ3) is 2.27. The van der Waals surface area contributed by atoms with E-state index in [1.54, 1.807) is 11.3 Å². The lowest BCUT2D eigenvalue weighted by atomic mass is 9.91. The van der Waals surface area contributed by atoms with Crippen LogP contribution >= 0.6 is 11.3 Å². The highest BCUT2D eigenvalue weighted by atomic mass is 32.1. The first-order valence-corrected chi connectivity index (χ1v) is 5.56. The Morgan fingerprint density at radius 2 is 2.62 bits per heavy atom. The molecular weight excluding hydrogens is 184 g/mol. The molecule has 1 aromatic rings. The Balaban J connectivity index is 1.93. The molecule has 0 spiro atoms. The summed E-state index contributed by atoms with van der Waals surface area (Å²) >= 11 is 1.62. The van der Waals surface area contributed by atoms with Crippen LogP contribution in [0.5, 0.6) is 0 Å². The minimum absolute atomic E-state index is 0.199. The predicted octanol–water partition coefficient (Wildman–Crippen LogP) is 0.656. The molecule has 0 aliphatic carbocycles. The average molecular weight is 198 g/mol. The van der Waals surface area contributed by atoms with Crippen molar-refractivity contribution in [3.05, 3.63) is 16.6 Å². The molecule has 0 amide bonds. The van der Waals surface area contributed by atoms with E-state index in [-0.39, 0.29) is 6.10 Å². The quantitative estimate of drug-likeness (QED) is 0.733. The molecule has 2 heterocycles. The molecule has 2 unspecified atom stereocenters. The van der Waals surface area contributed by atoms with Crippen LogP contribution in [0.4, 0.5) is 0 Å². The van der Waals surface area contributed by atoms with Crippen LogP contribution in [-0.2, 0) is 6.42 Å². The van der Waals surface area contributed by atoms with E-state index in [0.717, 1.165) is 31.6 Å². The third-order valence-electron chi connectivity index (χ3n) is 2.54. The highest BCUT2D eigenvalue weighted by Gasteiger charge is 2.23. The van der Waals surface area contributed by atoms with Crippen molar-refractivity contribution in [2.75, 3.05) is 13.1 Å². The second-order valence-corrected chi connectivity index (χ2v) is 4.22. The number of aliphatic hydroxyl groups excluding tert-OH is 1. The van der Waals surface area contributed by atoms with Crippen LogP contribution in [0.25, 0.3) is 0 Å². The van der Waals surface area contributed by atoms with Crippen LogP contribution in [0.3, 0.4) is 0 Å². The van der Waals surface area contributed by atoms with Crippen LogP contribution in [0.15, 0.2) is 10.9 Å². The number of nitrogens with zero attached hydrogens (tertiary/aromatic N) is 1. The average Bonchev–Trinajstić information content (AvgIpc) is 2.61. The second-order valence-electron chi connectivity index (χ2n) is 3.50. The van der Waals surface area contributed by atoms with E-state index in [1.165, 1.54) is 0 Å². The highest BCUT2D eigenvalue weighted by molar-refractivity contribution is 7.07. The van der Waals surface area contributed by atoms with E-state index in [0.29, 0.717) is 5.92 Å². The normalized spacial score (nSPS) is 29.0. The lowest BCUT2D eigenvalue weighted by molar-refractivity contribution is 0.0816. The summed E-state index contributed by atoms with van der Waals surface area (Å²) in [5.41, 5.74) is 2.97. The summed E-state index contributed by atoms with van der Waals surface area (Å²) in [5.74, 6) is 0.392. The summed E-state index contributed by atoms with van der Waals surface area (Å²) in [5, 5.41) is 14.9. The van der Waals surface area contributed by atoms with Crippen molar-refractivity contribution >= 4 is 11.3 Å². The second kappa shape index (κ2) is 4.17. The van der Waals surface area contributed by atoms with Crippen LogP contribution in [0, 0.1) is 5.92 Å². The maximum atomic E-state index is 9.68. The van der Waals surface area contributed by atoms with Gasteiger partial charge in [0.05, 0.1) is 17.3 Å². The van der Waals surface area contributed by atoms with Crippen LogP contribution in [-0.4, -0.2) is 29.3 Å². The van der Waals surface area contributed by atoms with Gasteiger partial charge in [0.2, 0.25) is 0 Å². The molecular formula is C9H14N2OS. The van der Waals surface area contributed by atoms with E-state index in [2.05, 4.69) is 15.7 Å². The number of piperidine rings is 1. The number of thiazole rings is 1. The molecule has 0 aromatic carbocycles. The Hall–Kier alpha value is -0.450. The monoisotopic (exact) mass is 198 g/mol. The summed E-state index contributed by atoms with van der Waals surface area (Å²) in [6.07, 6.45) is 1.78. The fraction of sp³-hybridized carbons (Fsp3) is 0.667. The van der Waals surface area contributed by atoms with Gasteiger partial charge in [0, 0.05) is 11.9 Å². The van der Waals surface area contributed by atoms with Crippen LogP contribution < -0.4 is 5.32 Å². The molecule has 0 bridgehead atoms. The van der Waals surface area contributed by atoms with Crippen LogP contribution in [0.2, 0.25) is 0 Å². The van der Waals surface area contributed by atoms with E-state index in [1.807, 2.05) is 5.51 Å². The molecule has 1 aromatic heterocycles. The molecule has 0 radical (unpaired) electrons. The smallest absolute Gasteiger partial charge is 0.0794 e. The maximum absolute atomic E-state index is 9.68. The van der Waals surface area contributed by atoms with Crippen LogP contribution in [0.1, 0.15) is 12.1 Å². The van der Waals surface area contributed by atoms with Gasteiger partial charge in [0.25, 0.3) is 0 Å². The number of aliphatic hydroxyl groups is 1. The van der Waals surface area contributed by atoms with Crippen molar-refractivity contribution < 1.29 is 5.11 Å². The third-order valence-corrected chi connectivity index (χ3v) is 3.18. The first-order valence-electron chi connectivity index (χ1n) is 4.62. The van der Waals surface area contributed by atoms with Crippen molar-refractivity contribution in [2.24, 2.45) is 5.92 Å². The largest absolute Gasteiger partial charge is 0.392 e. The Labute approximate surface area is 81.8 Å². The Morgan fingerprint density at radius 1 is 1.69 bits per heavy atom. The SMILES string of the molecule is OC1CNCCC1Cc1cscn1. The molecule has 1 saturated heterocycles. The Morgan fingerprint density at radius 3 is 3.31 bits per heavy atom. The van der Waals surface area contributed by atoms with Gasteiger partial charge in [-0.1, -0.05) is 0 Å². The van der Waals surface area contributed by atoms with Gasteiger partial charge in [-0.25, -0.2) is 4.98 Å². The van der Waals surface area contributed by atoms with E-state index < -0.39 is 0 Å². The molecule has 0 saturated carbocycles. The molecule has 4 heteroatoms. The fourth-order valence-corrected chi connectivity index (χ4v) is 2.31. The summed E-state index contributed by atoms with van der Waals surface area (Å²) in [6, 6.07) is 0. The lowest BCUT2D eigenvalue weighted by Crippen LogP contribution is -2.41. The van der Waals surface area contributed by atoms with Crippen molar-refractivity contribution in [3.8, 4) is 0 Å². The summed E-state index contributed by atoms with van der Waals surface area (Å²) < 4.78 is 0. The number of aromatic nitrogens is 1. The number of hydrogen-bond donors (Lipinski definition) is 2. The molecule has 2 rings (SSSR count). The van der Waals surface area contributed by atoms with E-state index in [4.69, 9.17) is 0 Å². The molecule has 13 heavy (non-hydrogen) atoms. The van der Waals surface area contributed by atoms with Gasteiger partial charge in [0.15, 0.2) is 0 Å². The zero-order valence-electron chi connectivity index (χ0n) is 7.44. The molecule has 3 nitrogen and oxygen atoms in total. The van der Waals surface area contributed by atoms with Gasteiger partial charge >= 0.3 is 0 Å². The van der Waals surface area contributed by atoms with Crippen molar-refractivity contribution in [3.63, 3.8) is 0 Å². The molecule has 2 N–H and O–H groups in total. The Bertz CT molecular complexity index is 250. The first-order chi connectivity index (χ1) is 6.36. The summed E-state index contributed by atoms with van der Waals surface area (Å²) in [6.45, 7) is 1.75. The van der Waals surface area contributed by atoms with Gasteiger partial charge in [0.1, 0.15) is 0 Å². The zero-order valence-corrected chi connectivity index (χ0v) is 8.26.